The minimum atomic E-state index is 0. The van der Waals surface area contributed by atoms with Crippen LogP contribution in [0.1, 0.15) is 5.56 Å². The highest BCUT2D eigenvalue weighted by Crippen LogP contribution is 2.34. The van der Waals surface area contributed by atoms with Crippen molar-refractivity contribution in [3.8, 4) is 11.5 Å². The van der Waals surface area contributed by atoms with Gasteiger partial charge < -0.3 is 15.2 Å². The van der Waals surface area contributed by atoms with Crippen LogP contribution < -0.4 is 10.1 Å². The maximum atomic E-state index is 9.41. The molecule has 13 heavy (non-hydrogen) atoms. The van der Waals surface area contributed by atoms with E-state index in [1.165, 1.54) is 5.56 Å². The van der Waals surface area contributed by atoms with Gasteiger partial charge in [-0.3, -0.25) is 0 Å². The average molecular weight is 246 g/mol. The lowest BCUT2D eigenvalue weighted by Gasteiger charge is -2.05. The van der Waals surface area contributed by atoms with Crippen LogP contribution in [0.3, 0.4) is 0 Å². The Kier molecular flexibility index (Phi) is 3.03. The van der Waals surface area contributed by atoms with E-state index >= 15 is 0 Å². The van der Waals surface area contributed by atoms with E-state index in [2.05, 4.69) is 5.32 Å². The number of hydrogen-bond acceptors (Lipinski definition) is 3. The summed E-state index contributed by atoms with van der Waals surface area (Å²) in [5.74, 6) is 0.753. The van der Waals surface area contributed by atoms with E-state index in [0.717, 1.165) is 18.7 Å². The fourth-order valence-electron chi connectivity index (χ4n) is 1.48. The Hall–Kier alpha value is -0.900. The number of methoxy groups -OCH3 is 1. The van der Waals surface area contributed by atoms with Crippen LogP contribution >= 0.6 is 17.0 Å². The number of anilines is 1. The lowest BCUT2D eigenvalue weighted by molar-refractivity contribution is 0.373. The Morgan fingerprint density at radius 1 is 1.46 bits per heavy atom. The molecule has 0 fully saturated rings. The largest absolute Gasteiger partial charge is 0.504 e. The van der Waals surface area contributed by atoms with E-state index in [-0.39, 0.29) is 22.7 Å². The molecule has 0 unspecified atom stereocenters. The van der Waals surface area contributed by atoms with Gasteiger partial charge in [0.05, 0.1) is 7.11 Å². The van der Waals surface area contributed by atoms with Gasteiger partial charge in [-0.15, -0.1) is 17.0 Å². The second kappa shape index (κ2) is 3.87. The van der Waals surface area contributed by atoms with Crippen molar-refractivity contribution in [2.75, 3.05) is 19.0 Å². The van der Waals surface area contributed by atoms with Gasteiger partial charge in [0.1, 0.15) is 0 Å². The van der Waals surface area contributed by atoms with Crippen LogP contribution in [0.25, 0.3) is 0 Å². The van der Waals surface area contributed by atoms with Crippen LogP contribution in [-0.4, -0.2) is 18.8 Å². The first kappa shape index (κ1) is 10.2. The fraction of sp³-hybridized carbons (Fsp3) is 0.333. The molecule has 2 N–H and O–H groups in total. The predicted octanol–water partition coefficient (Wildman–Crippen LogP) is 1.95. The van der Waals surface area contributed by atoms with E-state index in [1.807, 2.05) is 6.07 Å². The number of halogens is 1. The van der Waals surface area contributed by atoms with Crippen molar-refractivity contribution in [3.63, 3.8) is 0 Å². The number of phenols is 1. The van der Waals surface area contributed by atoms with E-state index in [1.54, 1.807) is 13.2 Å². The molecule has 0 radical (unpaired) electrons. The Balaban J connectivity index is 0.000000845. The normalized spacial score (nSPS) is 12.7. The Morgan fingerprint density at radius 3 is 2.92 bits per heavy atom. The zero-order valence-electron chi connectivity index (χ0n) is 7.33. The van der Waals surface area contributed by atoms with Gasteiger partial charge in [0.15, 0.2) is 11.5 Å². The summed E-state index contributed by atoms with van der Waals surface area (Å²) < 4.78 is 4.99. The van der Waals surface area contributed by atoms with Gasteiger partial charge in [-0.05, 0) is 18.1 Å². The molecule has 1 aromatic rings. The molecule has 0 atom stereocenters. The maximum absolute atomic E-state index is 9.41. The lowest BCUT2D eigenvalue weighted by Crippen LogP contribution is -1.90. The van der Waals surface area contributed by atoms with Crippen LogP contribution in [0.5, 0.6) is 11.5 Å². The van der Waals surface area contributed by atoms with E-state index < -0.39 is 0 Å². The third kappa shape index (κ3) is 1.72. The quantitative estimate of drug-likeness (QED) is 0.795. The van der Waals surface area contributed by atoms with Crippen LogP contribution in [0.4, 0.5) is 5.69 Å². The Morgan fingerprint density at radius 2 is 2.23 bits per heavy atom. The number of phenolic OH excluding ortho intramolecular Hbond substituents is 1. The summed E-state index contributed by atoms with van der Waals surface area (Å²) in [5.41, 5.74) is 2.23. The van der Waals surface area contributed by atoms with Crippen LogP contribution in [0.2, 0.25) is 0 Å². The van der Waals surface area contributed by atoms with Gasteiger partial charge in [-0.2, -0.15) is 0 Å². The first-order valence-corrected chi connectivity index (χ1v) is 3.95. The summed E-state index contributed by atoms with van der Waals surface area (Å²) in [4.78, 5) is 0. The molecule has 2 rings (SSSR count). The number of hydrogen-bond donors (Lipinski definition) is 2. The molecule has 0 aromatic heterocycles. The molecule has 4 heteroatoms. The molecule has 3 nitrogen and oxygen atoms in total. The number of ether oxygens (including phenoxy) is 1. The van der Waals surface area contributed by atoms with Crippen molar-refractivity contribution in [3.05, 3.63) is 17.7 Å². The molecule has 1 aliphatic heterocycles. The molecule has 1 aliphatic rings. The van der Waals surface area contributed by atoms with Gasteiger partial charge in [0.25, 0.3) is 0 Å². The predicted molar refractivity (Wildman–Crippen MR) is 57.2 cm³/mol. The Bertz CT molecular complexity index is 314. The fourth-order valence-corrected chi connectivity index (χ4v) is 1.48. The van der Waals surface area contributed by atoms with Crippen molar-refractivity contribution in [1.82, 2.24) is 0 Å². The molecule has 0 aliphatic carbocycles. The number of aromatic hydroxyl groups is 1. The van der Waals surface area contributed by atoms with Gasteiger partial charge in [0.2, 0.25) is 0 Å². The molecular formula is C9H12BrNO2. The van der Waals surface area contributed by atoms with E-state index in [9.17, 15) is 5.11 Å². The highest BCUT2D eigenvalue weighted by molar-refractivity contribution is 8.93. The zero-order valence-corrected chi connectivity index (χ0v) is 9.05. The van der Waals surface area contributed by atoms with Crippen molar-refractivity contribution in [1.29, 1.82) is 0 Å². The summed E-state index contributed by atoms with van der Waals surface area (Å²) in [7, 11) is 1.56. The minimum Gasteiger partial charge on any atom is -0.504 e. The van der Waals surface area contributed by atoms with E-state index in [4.69, 9.17) is 4.74 Å². The zero-order chi connectivity index (χ0) is 8.55. The third-order valence-electron chi connectivity index (χ3n) is 2.11. The third-order valence-corrected chi connectivity index (χ3v) is 2.11. The number of nitrogens with one attached hydrogen (secondary N) is 1. The number of fused-ring (bicyclic) bond motifs is 1. The summed E-state index contributed by atoms with van der Waals surface area (Å²) >= 11 is 0. The minimum absolute atomic E-state index is 0. The van der Waals surface area contributed by atoms with Crippen molar-refractivity contribution in [2.45, 2.75) is 6.42 Å². The second-order valence-electron chi connectivity index (χ2n) is 2.86. The van der Waals surface area contributed by atoms with Crippen molar-refractivity contribution in [2.24, 2.45) is 0 Å². The van der Waals surface area contributed by atoms with Gasteiger partial charge >= 0.3 is 0 Å². The smallest absolute Gasteiger partial charge is 0.160 e. The maximum Gasteiger partial charge on any atom is 0.160 e. The second-order valence-corrected chi connectivity index (χ2v) is 2.86. The lowest BCUT2D eigenvalue weighted by atomic mass is 10.1. The molecule has 72 valence electrons. The van der Waals surface area contributed by atoms with Crippen LogP contribution in [0, 0.1) is 0 Å². The molecule has 1 heterocycles. The van der Waals surface area contributed by atoms with Gasteiger partial charge in [-0.1, -0.05) is 0 Å². The summed E-state index contributed by atoms with van der Waals surface area (Å²) in [6.45, 7) is 0.946. The molecule has 0 spiro atoms. The number of benzene rings is 1. The number of rotatable bonds is 1. The first-order valence-electron chi connectivity index (χ1n) is 3.95. The SMILES string of the molecule is Br.COc1cc2c(cc1O)NCC2. The average Bonchev–Trinajstić information content (AvgIpc) is 2.49. The van der Waals surface area contributed by atoms with Crippen LogP contribution in [0.15, 0.2) is 12.1 Å². The highest BCUT2D eigenvalue weighted by Gasteiger charge is 2.13. The van der Waals surface area contributed by atoms with Gasteiger partial charge in [0, 0.05) is 18.3 Å². The molecular weight excluding hydrogens is 234 g/mol. The topological polar surface area (TPSA) is 41.5 Å². The molecule has 0 saturated heterocycles. The molecule has 1 aromatic carbocycles. The first-order chi connectivity index (χ1) is 5.81. The summed E-state index contributed by atoms with van der Waals surface area (Å²) in [6.07, 6.45) is 1.01. The van der Waals surface area contributed by atoms with Gasteiger partial charge in [-0.25, -0.2) is 0 Å². The summed E-state index contributed by atoms with van der Waals surface area (Å²) in [5, 5.41) is 12.6. The Labute approximate surface area is 87.5 Å². The van der Waals surface area contributed by atoms with Crippen molar-refractivity contribution >= 4 is 22.7 Å². The molecule has 0 bridgehead atoms. The molecule has 0 saturated carbocycles. The standard InChI is InChI=1S/C9H11NO2.BrH/c1-12-9-4-6-2-3-10-7(6)5-8(9)11;/h4-5,10-11H,2-3H2,1H3;1H. The van der Waals surface area contributed by atoms with E-state index in [0.29, 0.717) is 5.75 Å². The summed E-state index contributed by atoms with van der Waals surface area (Å²) in [6, 6.07) is 3.59. The van der Waals surface area contributed by atoms with Crippen LogP contribution in [-0.2, 0) is 6.42 Å². The molecule has 0 amide bonds. The monoisotopic (exact) mass is 245 g/mol. The van der Waals surface area contributed by atoms with Crippen molar-refractivity contribution < 1.29 is 9.84 Å². The highest BCUT2D eigenvalue weighted by atomic mass is 79.9.